The molecule has 84 valence electrons. The number of hydrogen-bond acceptors (Lipinski definition) is 3. The summed E-state index contributed by atoms with van der Waals surface area (Å²) >= 11 is 0. The molecule has 0 saturated carbocycles. The van der Waals surface area contributed by atoms with Crippen molar-refractivity contribution < 1.29 is 9.90 Å². The summed E-state index contributed by atoms with van der Waals surface area (Å²) in [7, 11) is 0. The molecule has 0 aliphatic carbocycles. The van der Waals surface area contributed by atoms with E-state index in [2.05, 4.69) is 22.9 Å². The van der Waals surface area contributed by atoms with Crippen molar-refractivity contribution >= 4 is 11.8 Å². The van der Waals surface area contributed by atoms with Crippen molar-refractivity contribution in [1.82, 2.24) is 4.98 Å². The maximum absolute atomic E-state index is 10.7. The number of pyridine rings is 1. The average molecular weight is 218 g/mol. The van der Waals surface area contributed by atoms with E-state index in [0.717, 1.165) is 25.3 Å². The fourth-order valence-electron chi connectivity index (χ4n) is 1.68. The van der Waals surface area contributed by atoms with E-state index >= 15 is 0 Å². The molecule has 4 heteroatoms. The van der Waals surface area contributed by atoms with Gasteiger partial charge in [0.25, 0.3) is 0 Å². The van der Waals surface area contributed by atoms with Gasteiger partial charge in [-0.2, -0.15) is 0 Å². The molecule has 0 unspecified atom stereocenters. The number of carboxylic acids is 1. The largest absolute Gasteiger partial charge is 0.478 e. The Morgan fingerprint density at radius 3 is 2.81 bits per heavy atom. The molecule has 0 fully saturated rings. The molecule has 0 amide bonds. The Kier molecular flexibility index (Phi) is 2.90. The Morgan fingerprint density at radius 2 is 2.31 bits per heavy atom. The van der Waals surface area contributed by atoms with E-state index in [0.29, 0.717) is 0 Å². The van der Waals surface area contributed by atoms with Crippen LogP contribution in [-0.2, 0) is 0 Å². The molecule has 1 aromatic heterocycles. The Balaban J connectivity index is 2.13. The first-order chi connectivity index (χ1) is 7.66. The molecule has 0 atom stereocenters. The first kappa shape index (κ1) is 10.7. The molecular formula is C12H14N2O2. The van der Waals surface area contributed by atoms with Crippen molar-refractivity contribution in [2.45, 2.75) is 13.3 Å². The van der Waals surface area contributed by atoms with Crippen LogP contribution in [-0.4, -0.2) is 29.1 Å². The zero-order valence-corrected chi connectivity index (χ0v) is 9.18. The van der Waals surface area contributed by atoms with Crippen LogP contribution in [0.3, 0.4) is 0 Å². The highest BCUT2D eigenvalue weighted by Crippen LogP contribution is 2.17. The van der Waals surface area contributed by atoms with E-state index in [1.165, 1.54) is 11.8 Å². The Morgan fingerprint density at radius 1 is 1.50 bits per heavy atom. The van der Waals surface area contributed by atoms with E-state index in [1.54, 1.807) is 12.1 Å². The van der Waals surface area contributed by atoms with Gasteiger partial charge in [0.15, 0.2) is 0 Å². The Hall–Kier alpha value is -1.84. The molecule has 1 aliphatic heterocycles. The molecule has 1 aliphatic rings. The number of hydrogen-bond donors (Lipinski definition) is 1. The third-order valence-electron chi connectivity index (χ3n) is 2.76. The highest BCUT2D eigenvalue weighted by molar-refractivity contribution is 5.87. The molecular weight excluding hydrogens is 204 g/mol. The molecule has 0 radical (unpaired) electrons. The molecule has 1 N–H and O–H groups in total. The lowest BCUT2D eigenvalue weighted by molar-refractivity contribution is 0.0696. The summed E-state index contributed by atoms with van der Waals surface area (Å²) < 4.78 is 0. The Labute approximate surface area is 94.2 Å². The lowest BCUT2D eigenvalue weighted by atomic mass is 10.1. The molecule has 1 aromatic rings. The third kappa shape index (κ3) is 2.21. The van der Waals surface area contributed by atoms with E-state index < -0.39 is 5.97 Å². The molecule has 0 aromatic carbocycles. The number of aromatic nitrogens is 1. The second-order valence-electron chi connectivity index (χ2n) is 3.96. The van der Waals surface area contributed by atoms with Crippen LogP contribution in [0.4, 0.5) is 5.82 Å². The van der Waals surface area contributed by atoms with E-state index in [9.17, 15) is 4.79 Å². The van der Waals surface area contributed by atoms with Gasteiger partial charge in [-0.05, 0) is 25.5 Å². The topological polar surface area (TPSA) is 53.4 Å². The van der Waals surface area contributed by atoms with Gasteiger partial charge in [0.1, 0.15) is 5.82 Å². The Bertz CT molecular complexity index is 423. The fourth-order valence-corrected chi connectivity index (χ4v) is 1.68. The summed E-state index contributed by atoms with van der Waals surface area (Å²) in [4.78, 5) is 17.0. The highest BCUT2D eigenvalue weighted by Gasteiger charge is 2.11. The minimum Gasteiger partial charge on any atom is -0.478 e. The summed E-state index contributed by atoms with van der Waals surface area (Å²) in [6.45, 7) is 3.92. The first-order valence-electron chi connectivity index (χ1n) is 5.27. The van der Waals surface area contributed by atoms with Crippen molar-refractivity contribution in [3.8, 4) is 0 Å². The summed E-state index contributed by atoms with van der Waals surface area (Å²) in [5.41, 5.74) is 1.63. The minimum atomic E-state index is -0.937. The molecule has 16 heavy (non-hydrogen) atoms. The normalized spacial score (nSPS) is 15.8. The summed E-state index contributed by atoms with van der Waals surface area (Å²) in [6, 6.07) is 3.35. The van der Waals surface area contributed by atoms with Crippen LogP contribution in [0.25, 0.3) is 0 Å². The van der Waals surface area contributed by atoms with Crippen LogP contribution in [0, 0.1) is 0 Å². The molecule has 0 bridgehead atoms. The quantitative estimate of drug-likeness (QED) is 0.771. The van der Waals surface area contributed by atoms with Crippen LogP contribution in [0.1, 0.15) is 23.7 Å². The number of rotatable bonds is 2. The molecule has 0 spiro atoms. The molecule has 0 saturated heterocycles. The monoisotopic (exact) mass is 218 g/mol. The van der Waals surface area contributed by atoms with E-state index in [4.69, 9.17) is 5.11 Å². The lowest BCUT2D eigenvalue weighted by Crippen LogP contribution is -2.28. The van der Waals surface area contributed by atoms with Crippen LogP contribution in [0.15, 0.2) is 30.0 Å². The van der Waals surface area contributed by atoms with Gasteiger partial charge in [-0.1, -0.05) is 11.6 Å². The van der Waals surface area contributed by atoms with E-state index in [-0.39, 0.29) is 5.56 Å². The van der Waals surface area contributed by atoms with Gasteiger partial charge in [0, 0.05) is 19.3 Å². The van der Waals surface area contributed by atoms with Crippen molar-refractivity contribution in [2.75, 3.05) is 18.0 Å². The van der Waals surface area contributed by atoms with Gasteiger partial charge in [-0.3, -0.25) is 0 Å². The van der Waals surface area contributed by atoms with Crippen molar-refractivity contribution in [3.63, 3.8) is 0 Å². The van der Waals surface area contributed by atoms with Gasteiger partial charge in [-0.25, -0.2) is 9.78 Å². The SMILES string of the molecule is CC1=CCN(c2ccc(C(=O)O)cn2)CC1. The van der Waals surface area contributed by atoms with Gasteiger partial charge in [0.2, 0.25) is 0 Å². The average Bonchev–Trinajstić information content (AvgIpc) is 2.30. The predicted octanol–water partition coefficient (Wildman–Crippen LogP) is 1.94. The predicted molar refractivity (Wildman–Crippen MR) is 61.8 cm³/mol. The summed E-state index contributed by atoms with van der Waals surface area (Å²) in [5, 5.41) is 8.76. The van der Waals surface area contributed by atoms with Crippen LogP contribution >= 0.6 is 0 Å². The number of anilines is 1. The van der Waals surface area contributed by atoms with Crippen molar-refractivity contribution in [2.24, 2.45) is 0 Å². The molecule has 2 heterocycles. The summed E-state index contributed by atoms with van der Waals surface area (Å²) in [6.07, 6.45) is 4.63. The maximum Gasteiger partial charge on any atom is 0.337 e. The van der Waals surface area contributed by atoms with Crippen LogP contribution < -0.4 is 4.90 Å². The first-order valence-corrected chi connectivity index (χ1v) is 5.27. The van der Waals surface area contributed by atoms with Crippen molar-refractivity contribution in [1.29, 1.82) is 0 Å². The van der Waals surface area contributed by atoms with Crippen molar-refractivity contribution in [3.05, 3.63) is 35.5 Å². The number of carboxylic acid groups (broad SMARTS) is 1. The fraction of sp³-hybridized carbons (Fsp3) is 0.333. The molecule has 2 rings (SSSR count). The standard InChI is InChI=1S/C12H14N2O2/c1-9-4-6-14(7-5-9)11-3-2-10(8-13-11)12(15)16/h2-4,8H,5-7H2,1H3,(H,15,16). The van der Waals surface area contributed by atoms with E-state index in [1.807, 2.05) is 0 Å². The maximum atomic E-state index is 10.7. The zero-order chi connectivity index (χ0) is 11.5. The third-order valence-corrected chi connectivity index (χ3v) is 2.76. The smallest absolute Gasteiger partial charge is 0.337 e. The lowest BCUT2D eigenvalue weighted by Gasteiger charge is -2.26. The van der Waals surface area contributed by atoms with Gasteiger partial charge in [0.05, 0.1) is 5.56 Å². The van der Waals surface area contributed by atoms with Gasteiger partial charge in [-0.15, -0.1) is 0 Å². The zero-order valence-electron chi connectivity index (χ0n) is 9.18. The highest BCUT2D eigenvalue weighted by atomic mass is 16.4. The number of aromatic carboxylic acids is 1. The second-order valence-corrected chi connectivity index (χ2v) is 3.96. The van der Waals surface area contributed by atoms with Gasteiger partial charge >= 0.3 is 5.97 Å². The minimum absolute atomic E-state index is 0.229. The van der Waals surface area contributed by atoms with Crippen LogP contribution in [0.5, 0.6) is 0 Å². The number of carbonyl (C=O) groups is 1. The second kappa shape index (κ2) is 4.35. The molecule has 4 nitrogen and oxygen atoms in total. The number of nitrogens with zero attached hydrogens (tertiary/aromatic N) is 2. The van der Waals surface area contributed by atoms with Crippen LogP contribution in [0.2, 0.25) is 0 Å². The summed E-state index contributed by atoms with van der Waals surface area (Å²) in [5.74, 6) is -0.0952. The van der Waals surface area contributed by atoms with Gasteiger partial charge < -0.3 is 10.0 Å².